The Hall–Kier alpha value is -0.240. The second kappa shape index (κ2) is 13.1. The Morgan fingerprint density at radius 3 is 0.857 bits per heavy atom. The number of hydrogen-bond acceptors (Lipinski definition) is 6. The van der Waals surface area contributed by atoms with Crippen LogP contribution in [-0.4, -0.2) is 140 Å². The normalized spacial score (nSPS) is 25.1. The predicted molar refractivity (Wildman–Crippen MR) is 121 cm³/mol. The van der Waals surface area contributed by atoms with Crippen molar-refractivity contribution in [1.82, 2.24) is 29.4 Å². The first-order chi connectivity index (χ1) is 13.6. The van der Waals surface area contributed by atoms with Gasteiger partial charge in [0.05, 0.1) is 6.17 Å². The van der Waals surface area contributed by atoms with Crippen molar-refractivity contribution in [3.05, 3.63) is 0 Å². The van der Waals surface area contributed by atoms with E-state index in [0.29, 0.717) is 6.17 Å². The zero-order valence-corrected chi connectivity index (χ0v) is 19.6. The van der Waals surface area contributed by atoms with E-state index in [2.05, 4.69) is 64.0 Å². The highest BCUT2D eigenvalue weighted by molar-refractivity contribution is 4.78. The van der Waals surface area contributed by atoms with Crippen LogP contribution >= 0.6 is 0 Å². The molecule has 0 aromatic carbocycles. The lowest BCUT2D eigenvalue weighted by Gasteiger charge is -2.39. The molecule has 6 heteroatoms. The fourth-order valence-corrected chi connectivity index (χ4v) is 4.56. The van der Waals surface area contributed by atoms with Crippen molar-refractivity contribution in [3.63, 3.8) is 0 Å². The number of rotatable bonds is 6. The summed E-state index contributed by atoms with van der Waals surface area (Å²) in [5, 5.41) is 0. The maximum Gasteiger partial charge on any atom is 0.0595 e. The third-order valence-corrected chi connectivity index (χ3v) is 7.12. The van der Waals surface area contributed by atoms with E-state index in [9.17, 15) is 0 Å². The molecule has 0 unspecified atom stereocenters. The fourth-order valence-electron chi connectivity index (χ4n) is 4.56. The average molecular weight is 397 g/mol. The number of nitrogens with zero attached hydrogens (tertiary/aromatic N) is 6. The van der Waals surface area contributed by atoms with Crippen LogP contribution in [0.5, 0.6) is 0 Å². The summed E-state index contributed by atoms with van der Waals surface area (Å²) < 4.78 is 0. The second-order valence-electron chi connectivity index (χ2n) is 8.44. The first kappa shape index (κ1) is 24.0. The Morgan fingerprint density at radius 1 is 0.429 bits per heavy atom. The van der Waals surface area contributed by atoms with Crippen LogP contribution in [0.3, 0.4) is 0 Å². The van der Waals surface area contributed by atoms with Crippen molar-refractivity contribution in [2.24, 2.45) is 0 Å². The molecule has 0 N–H and O–H groups in total. The third-order valence-electron chi connectivity index (χ3n) is 7.12. The monoisotopic (exact) mass is 396 g/mol. The van der Waals surface area contributed by atoms with Crippen LogP contribution in [0.1, 0.15) is 34.6 Å². The molecule has 6 nitrogen and oxygen atoms in total. The average Bonchev–Trinajstić information content (AvgIpc) is 2.90. The first-order valence-corrected chi connectivity index (χ1v) is 12.0. The van der Waals surface area contributed by atoms with Gasteiger partial charge in [-0.25, -0.2) is 0 Å². The zero-order chi connectivity index (χ0) is 20.4. The van der Waals surface area contributed by atoms with Gasteiger partial charge in [-0.3, -0.25) is 9.80 Å². The number of hydrogen-bond donors (Lipinski definition) is 0. The molecule has 166 valence electrons. The van der Waals surface area contributed by atoms with Gasteiger partial charge in [0.2, 0.25) is 0 Å². The molecule has 0 radical (unpaired) electrons. The van der Waals surface area contributed by atoms with E-state index in [1.165, 1.54) is 105 Å². The molecule has 0 amide bonds. The van der Waals surface area contributed by atoms with Crippen molar-refractivity contribution in [2.45, 2.75) is 40.8 Å². The minimum atomic E-state index is 0.519. The SMILES string of the molecule is CCN1CCN(CC)CCN(C(C)N2CCN(CC)CCN(CC)CC2)CC1. The van der Waals surface area contributed by atoms with Crippen molar-refractivity contribution >= 4 is 0 Å². The smallest absolute Gasteiger partial charge is 0.0595 e. The molecule has 28 heavy (non-hydrogen) atoms. The molecule has 0 aliphatic carbocycles. The van der Waals surface area contributed by atoms with Crippen molar-refractivity contribution in [1.29, 1.82) is 0 Å². The summed E-state index contributed by atoms with van der Waals surface area (Å²) in [5.74, 6) is 0. The van der Waals surface area contributed by atoms with Crippen LogP contribution in [0, 0.1) is 0 Å². The van der Waals surface area contributed by atoms with E-state index in [-0.39, 0.29) is 0 Å². The van der Waals surface area contributed by atoms with Crippen LogP contribution in [0.2, 0.25) is 0 Å². The van der Waals surface area contributed by atoms with Gasteiger partial charge in [0.15, 0.2) is 0 Å². The van der Waals surface area contributed by atoms with E-state index in [1.54, 1.807) is 0 Å². The molecule has 0 bridgehead atoms. The van der Waals surface area contributed by atoms with Crippen molar-refractivity contribution in [2.75, 3.05) is 105 Å². The summed E-state index contributed by atoms with van der Waals surface area (Å²) in [6.07, 6.45) is 0.519. The summed E-state index contributed by atoms with van der Waals surface area (Å²) in [6.45, 7) is 30.8. The van der Waals surface area contributed by atoms with Gasteiger partial charge in [-0.05, 0) is 33.1 Å². The van der Waals surface area contributed by atoms with Crippen LogP contribution in [0.4, 0.5) is 0 Å². The van der Waals surface area contributed by atoms with E-state index >= 15 is 0 Å². The molecule has 0 spiro atoms. The van der Waals surface area contributed by atoms with Gasteiger partial charge < -0.3 is 19.6 Å². The maximum atomic E-state index is 2.75. The standard InChI is InChI=1S/C22H48N6/c1-6-23-10-11-24(7-2)15-19-27(18-14-23)22(5)28-20-16-25(8-3)12-13-26(9-4)17-21-28/h22H,6-21H2,1-5H3. The Labute approximate surface area is 175 Å². The highest BCUT2D eigenvalue weighted by Gasteiger charge is 2.25. The van der Waals surface area contributed by atoms with Crippen molar-refractivity contribution in [3.8, 4) is 0 Å². The Kier molecular flexibility index (Phi) is 11.3. The molecule has 2 aliphatic rings. The van der Waals surface area contributed by atoms with Crippen LogP contribution in [0.15, 0.2) is 0 Å². The van der Waals surface area contributed by atoms with E-state index in [0.717, 1.165) is 0 Å². The van der Waals surface area contributed by atoms with Gasteiger partial charge in [0.1, 0.15) is 0 Å². The minimum Gasteiger partial charge on any atom is -0.301 e. The maximum absolute atomic E-state index is 2.75. The molecule has 0 saturated carbocycles. The van der Waals surface area contributed by atoms with Crippen LogP contribution in [-0.2, 0) is 0 Å². The molecule has 2 rings (SSSR count). The second-order valence-corrected chi connectivity index (χ2v) is 8.44. The fraction of sp³-hybridized carbons (Fsp3) is 1.00. The molecule has 0 aromatic heterocycles. The molecular formula is C22H48N6. The van der Waals surface area contributed by atoms with Crippen LogP contribution in [0.25, 0.3) is 0 Å². The third kappa shape index (κ3) is 7.54. The topological polar surface area (TPSA) is 19.4 Å². The zero-order valence-electron chi connectivity index (χ0n) is 19.6. The van der Waals surface area contributed by atoms with E-state index in [1.807, 2.05) is 0 Å². The van der Waals surface area contributed by atoms with Gasteiger partial charge in [0.25, 0.3) is 0 Å². The lowest BCUT2D eigenvalue weighted by atomic mass is 10.3. The quantitative estimate of drug-likeness (QED) is 0.668. The minimum absolute atomic E-state index is 0.519. The summed E-state index contributed by atoms with van der Waals surface area (Å²) in [7, 11) is 0. The highest BCUT2D eigenvalue weighted by atomic mass is 15.4. The van der Waals surface area contributed by atoms with Crippen molar-refractivity contribution < 1.29 is 0 Å². The number of likely N-dealkylation sites (N-methyl/N-ethyl adjacent to an activating group) is 4. The van der Waals surface area contributed by atoms with Gasteiger partial charge in [0, 0.05) is 78.5 Å². The predicted octanol–water partition coefficient (Wildman–Crippen LogP) is 1.25. The Bertz CT molecular complexity index is 338. The Balaban J connectivity index is 2.04. The van der Waals surface area contributed by atoms with Gasteiger partial charge in [-0.15, -0.1) is 0 Å². The summed E-state index contributed by atoms with van der Waals surface area (Å²) in [5.41, 5.74) is 0. The molecule has 2 fully saturated rings. The molecule has 2 aliphatic heterocycles. The summed E-state index contributed by atoms with van der Waals surface area (Å²) in [4.78, 5) is 16.0. The van der Waals surface area contributed by atoms with E-state index < -0.39 is 0 Å². The largest absolute Gasteiger partial charge is 0.301 e. The molecule has 0 atom stereocenters. The van der Waals surface area contributed by atoms with Crippen LogP contribution < -0.4 is 0 Å². The van der Waals surface area contributed by atoms with Gasteiger partial charge in [-0.1, -0.05) is 27.7 Å². The molecule has 0 aromatic rings. The molecular weight excluding hydrogens is 348 g/mol. The first-order valence-electron chi connectivity index (χ1n) is 12.0. The summed E-state index contributed by atoms with van der Waals surface area (Å²) in [6, 6.07) is 0. The van der Waals surface area contributed by atoms with E-state index in [4.69, 9.17) is 0 Å². The van der Waals surface area contributed by atoms with Gasteiger partial charge >= 0.3 is 0 Å². The molecule has 2 saturated heterocycles. The lowest BCUT2D eigenvalue weighted by molar-refractivity contribution is 0.0398. The highest BCUT2D eigenvalue weighted by Crippen LogP contribution is 2.11. The molecule has 2 heterocycles. The Morgan fingerprint density at radius 2 is 0.643 bits per heavy atom. The summed E-state index contributed by atoms with van der Waals surface area (Å²) >= 11 is 0. The lowest BCUT2D eigenvalue weighted by Crippen LogP contribution is -2.52. The van der Waals surface area contributed by atoms with Gasteiger partial charge in [-0.2, -0.15) is 0 Å².